The zero-order chi connectivity index (χ0) is 12.3. The Morgan fingerprint density at radius 2 is 1.44 bits per heavy atom. The van der Waals surface area contributed by atoms with Crippen LogP contribution in [0.2, 0.25) is 0 Å². The van der Waals surface area contributed by atoms with Crippen LogP contribution in [0.25, 0.3) is 0 Å². The second kappa shape index (κ2) is 10.1. The van der Waals surface area contributed by atoms with E-state index in [2.05, 4.69) is 27.7 Å². The first-order valence-electron chi connectivity index (χ1n) is 6.72. The summed E-state index contributed by atoms with van der Waals surface area (Å²) in [5, 5.41) is 0. The highest BCUT2D eigenvalue weighted by Crippen LogP contribution is 2.20. The van der Waals surface area contributed by atoms with Crippen molar-refractivity contribution >= 4 is 0 Å². The molecule has 0 fully saturated rings. The van der Waals surface area contributed by atoms with E-state index < -0.39 is 0 Å². The van der Waals surface area contributed by atoms with Crippen molar-refractivity contribution < 1.29 is 9.47 Å². The Labute approximate surface area is 102 Å². The summed E-state index contributed by atoms with van der Waals surface area (Å²) in [6.07, 6.45) is 7.38. The lowest BCUT2D eigenvalue weighted by molar-refractivity contribution is -0.0567. The third-order valence-corrected chi connectivity index (χ3v) is 2.52. The lowest BCUT2D eigenvalue weighted by Gasteiger charge is -2.17. The summed E-state index contributed by atoms with van der Waals surface area (Å²) >= 11 is 0. The number of hydrogen-bond acceptors (Lipinski definition) is 2. The molecular weight excluding hydrogens is 200 g/mol. The minimum Gasteiger partial charge on any atom is -0.355 e. The summed E-state index contributed by atoms with van der Waals surface area (Å²) in [5.41, 5.74) is 0.421. The standard InChI is InChI=1S/C14H30O2/c1-5-6-7-8-11-15-13-16-12-9-10-14(2,3)4/h5-13H2,1-4H3. The van der Waals surface area contributed by atoms with Gasteiger partial charge in [-0.2, -0.15) is 0 Å². The fraction of sp³-hybridized carbons (Fsp3) is 1.00. The average molecular weight is 230 g/mol. The van der Waals surface area contributed by atoms with E-state index >= 15 is 0 Å². The second-order valence-electron chi connectivity index (χ2n) is 5.66. The predicted octanol–water partition coefficient (Wildman–Crippen LogP) is 4.38. The molecule has 98 valence electrons. The molecule has 0 aliphatic carbocycles. The Kier molecular flexibility index (Phi) is 10.0. The molecule has 0 amide bonds. The van der Waals surface area contributed by atoms with Crippen molar-refractivity contribution in [3.05, 3.63) is 0 Å². The van der Waals surface area contributed by atoms with Crippen LogP contribution in [-0.2, 0) is 9.47 Å². The number of hydrogen-bond donors (Lipinski definition) is 0. The SMILES string of the molecule is CCCCCCOCOCCCC(C)(C)C. The minimum absolute atomic E-state index is 0.421. The zero-order valence-electron chi connectivity index (χ0n) is 11.7. The first kappa shape index (κ1) is 15.9. The van der Waals surface area contributed by atoms with Crippen molar-refractivity contribution in [3.63, 3.8) is 0 Å². The first-order chi connectivity index (χ1) is 7.56. The number of ether oxygens (including phenoxy) is 2. The van der Waals surface area contributed by atoms with E-state index in [1.54, 1.807) is 0 Å². The van der Waals surface area contributed by atoms with E-state index in [9.17, 15) is 0 Å². The van der Waals surface area contributed by atoms with E-state index in [4.69, 9.17) is 9.47 Å². The second-order valence-corrected chi connectivity index (χ2v) is 5.66. The summed E-state index contributed by atoms with van der Waals surface area (Å²) in [7, 11) is 0. The minimum atomic E-state index is 0.421. The Balaban J connectivity index is 2.99. The van der Waals surface area contributed by atoms with Crippen LogP contribution < -0.4 is 0 Å². The average Bonchev–Trinajstić information content (AvgIpc) is 2.19. The van der Waals surface area contributed by atoms with Crippen molar-refractivity contribution in [1.29, 1.82) is 0 Å². The molecule has 0 aliphatic heterocycles. The van der Waals surface area contributed by atoms with E-state index in [1.807, 2.05) is 0 Å². The third-order valence-electron chi connectivity index (χ3n) is 2.52. The van der Waals surface area contributed by atoms with Crippen LogP contribution in [0.1, 0.15) is 66.2 Å². The molecule has 0 saturated heterocycles. The highest BCUT2D eigenvalue weighted by atomic mass is 16.7. The monoisotopic (exact) mass is 230 g/mol. The van der Waals surface area contributed by atoms with Crippen molar-refractivity contribution in [2.75, 3.05) is 20.0 Å². The third kappa shape index (κ3) is 13.9. The van der Waals surface area contributed by atoms with Gasteiger partial charge in [0, 0.05) is 13.2 Å². The maximum atomic E-state index is 5.41. The molecule has 2 heteroatoms. The zero-order valence-corrected chi connectivity index (χ0v) is 11.7. The normalized spacial score (nSPS) is 12.0. The molecular formula is C14H30O2. The molecule has 0 radical (unpaired) electrons. The van der Waals surface area contributed by atoms with Crippen LogP contribution in [-0.4, -0.2) is 20.0 Å². The van der Waals surface area contributed by atoms with Gasteiger partial charge in [-0.1, -0.05) is 47.0 Å². The van der Waals surface area contributed by atoms with Gasteiger partial charge < -0.3 is 9.47 Å². The van der Waals surface area contributed by atoms with E-state index in [1.165, 1.54) is 32.1 Å². The van der Waals surface area contributed by atoms with Gasteiger partial charge >= 0.3 is 0 Å². The Morgan fingerprint density at radius 3 is 2.00 bits per heavy atom. The van der Waals surface area contributed by atoms with E-state index in [0.29, 0.717) is 12.2 Å². The van der Waals surface area contributed by atoms with Crippen LogP contribution in [0.4, 0.5) is 0 Å². The summed E-state index contributed by atoms with van der Waals surface area (Å²) in [6, 6.07) is 0. The lowest BCUT2D eigenvalue weighted by Crippen LogP contribution is -2.08. The molecule has 16 heavy (non-hydrogen) atoms. The summed E-state index contributed by atoms with van der Waals surface area (Å²) in [5.74, 6) is 0. The molecule has 0 N–H and O–H groups in total. The Morgan fingerprint density at radius 1 is 0.812 bits per heavy atom. The molecule has 0 aromatic carbocycles. The first-order valence-corrected chi connectivity index (χ1v) is 6.72. The fourth-order valence-electron chi connectivity index (χ4n) is 1.51. The summed E-state index contributed by atoms with van der Waals surface area (Å²) < 4.78 is 10.8. The lowest BCUT2D eigenvalue weighted by atomic mass is 9.91. The van der Waals surface area contributed by atoms with Crippen LogP contribution in [0, 0.1) is 5.41 Å². The summed E-state index contributed by atoms with van der Waals surface area (Å²) in [6.45, 7) is 11.1. The fourth-order valence-corrected chi connectivity index (χ4v) is 1.51. The molecule has 0 aliphatic rings. The largest absolute Gasteiger partial charge is 0.355 e. The van der Waals surface area contributed by atoms with Gasteiger partial charge in [0.2, 0.25) is 0 Å². The Bertz CT molecular complexity index is 138. The van der Waals surface area contributed by atoms with Crippen LogP contribution in [0.5, 0.6) is 0 Å². The van der Waals surface area contributed by atoms with E-state index in [0.717, 1.165) is 19.6 Å². The molecule has 0 bridgehead atoms. The number of unbranched alkanes of at least 4 members (excludes halogenated alkanes) is 3. The quantitative estimate of drug-likeness (QED) is 0.409. The van der Waals surface area contributed by atoms with Crippen LogP contribution in [0.3, 0.4) is 0 Å². The molecule has 0 aromatic heterocycles. The van der Waals surface area contributed by atoms with Crippen molar-refractivity contribution in [1.82, 2.24) is 0 Å². The maximum Gasteiger partial charge on any atom is 0.146 e. The van der Waals surface area contributed by atoms with Gasteiger partial charge in [0.1, 0.15) is 6.79 Å². The van der Waals surface area contributed by atoms with Crippen molar-refractivity contribution in [2.45, 2.75) is 66.2 Å². The van der Waals surface area contributed by atoms with Gasteiger partial charge in [-0.3, -0.25) is 0 Å². The van der Waals surface area contributed by atoms with Crippen molar-refractivity contribution in [2.24, 2.45) is 5.41 Å². The van der Waals surface area contributed by atoms with Gasteiger partial charge in [-0.15, -0.1) is 0 Å². The highest BCUT2D eigenvalue weighted by molar-refractivity contribution is 4.60. The molecule has 0 rings (SSSR count). The predicted molar refractivity (Wildman–Crippen MR) is 69.6 cm³/mol. The van der Waals surface area contributed by atoms with Gasteiger partial charge in [-0.05, 0) is 24.7 Å². The molecule has 0 saturated carbocycles. The topological polar surface area (TPSA) is 18.5 Å². The van der Waals surface area contributed by atoms with Gasteiger partial charge in [0.15, 0.2) is 0 Å². The maximum absolute atomic E-state index is 5.41. The van der Waals surface area contributed by atoms with Crippen LogP contribution in [0.15, 0.2) is 0 Å². The molecule has 0 aromatic rings. The van der Waals surface area contributed by atoms with Crippen molar-refractivity contribution in [3.8, 4) is 0 Å². The smallest absolute Gasteiger partial charge is 0.146 e. The van der Waals surface area contributed by atoms with Gasteiger partial charge in [-0.25, -0.2) is 0 Å². The van der Waals surface area contributed by atoms with Crippen LogP contribution >= 0.6 is 0 Å². The number of rotatable bonds is 10. The Hall–Kier alpha value is -0.0800. The molecule has 0 heterocycles. The molecule has 0 atom stereocenters. The highest BCUT2D eigenvalue weighted by Gasteiger charge is 2.08. The van der Waals surface area contributed by atoms with Gasteiger partial charge in [0.25, 0.3) is 0 Å². The summed E-state index contributed by atoms with van der Waals surface area (Å²) in [4.78, 5) is 0. The van der Waals surface area contributed by atoms with E-state index in [-0.39, 0.29) is 0 Å². The molecule has 0 unspecified atom stereocenters. The molecule has 2 nitrogen and oxygen atoms in total. The van der Waals surface area contributed by atoms with Gasteiger partial charge in [0.05, 0.1) is 0 Å². The molecule has 0 spiro atoms.